The van der Waals surface area contributed by atoms with Crippen LogP contribution in [0.2, 0.25) is 0 Å². The highest BCUT2D eigenvalue weighted by Crippen LogP contribution is 2.22. The van der Waals surface area contributed by atoms with Crippen LogP contribution in [0.4, 0.5) is 5.69 Å². The lowest BCUT2D eigenvalue weighted by Crippen LogP contribution is -2.50. The molecular weight excluding hydrogens is 488 g/mol. The number of nitrogens with zero attached hydrogens (tertiary/aromatic N) is 3. The van der Waals surface area contributed by atoms with Gasteiger partial charge in [0.25, 0.3) is 5.91 Å². The summed E-state index contributed by atoms with van der Waals surface area (Å²) in [6.45, 7) is 3.49. The van der Waals surface area contributed by atoms with Gasteiger partial charge in [-0.05, 0) is 43.3 Å². The number of H-pyrrole nitrogens is 2. The van der Waals surface area contributed by atoms with Gasteiger partial charge in [-0.2, -0.15) is 4.31 Å². The van der Waals surface area contributed by atoms with E-state index < -0.39 is 10.0 Å². The summed E-state index contributed by atoms with van der Waals surface area (Å²) >= 11 is 1.58. The highest BCUT2D eigenvalue weighted by Gasteiger charge is 2.30. The van der Waals surface area contributed by atoms with E-state index in [-0.39, 0.29) is 42.7 Å². The minimum Gasteiger partial charge on any atom is -0.379 e. The second kappa shape index (κ2) is 9.29. The molecule has 1 saturated heterocycles. The topological polar surface area (TPSA) is 131 Å². The van der Waals surface area contributed by atoms with Crippen LogP contribution in [0.3, 0.4) is 0 Å². The van der Waals surface area contributed by atoms with Gasteiger partial charge in [-0.1, -0.05) is 6.07 Å². The van der Waals surface area contributed by atoms with Crippen LogP contribution in [0.5, 0.6) is 0 Å². The second-order valence-corrected chi connectivity index (χ2v) is 11.2. The predicted molar refractivity (Wildman–Crippen MR) is 134 cm³/mol. The summed E-state index contributed by atoms with van der Waals surface area (Å²) in [5.74, 6) is -0.137. The molecule has 0 bridgehead atoms. The van der Waals surface area contributed by atoms with Crippen molar-refractivity contribution in [2.24, 2.45) is 0 Å². The number of aromatic nitrogens is 3. The molecule has 1 fully saturated rings. The van der Waals surface area contributed by atoms with Gasteiger partial charge in [0.2, 0.25) is 10.0 Å². The summed E-state index contributed by atoms with van der Waals surface area (Å²) in [5, 5.41) is 6.26. The molecule has 4 aromatic rings. The Morgan fingerprint density at radius 3 is 2.60 bits per heavy atom. The van der Waals surface area contributed by atoms with Crippen molar-refractivity contribution in [2.45, 2.75) is 18.4 Å². The van der Waals surface area contributed by atoms with E-state index in [0.29, 0.717) is 23.1 Å². The first kappa shape index (κ1) is 23.3. The van der Waals surface area contributed by atoms with Gasteiger partial charge in [0.1, 0.15) is 5.01 Å². The molecule has 3 N–H and O–H groups in total. The van der Waals surface area contributed by atoms with Crippen LogP contribution in [0.1, 0.15) is 21.1 Å². The number of fused-ring (bicyclic) bond motifs is 1. The van der Waals surface area contributed by atoms with E-state index in [1.807, 2.05) is 24.4 Å². The van der Waals surface area contributed by atoms with Gasteiger partial charge in [-0.25, -0.2) is 18.2 Å². The van der Waals surface area contributed by atoms with E-state index in [9.17, 15) is 18.0 Å². The average molecular weight is 513 g/mol. The maximum absolute atomic E-state index is 13.1. The third kappa shape index (κ3) is 4.85. The molecule has 12 heteroatoms. The molecule has 182 valence electrons. The Bertz CT molecular complexity index is 1550. The number of anilines is 1. The first-order valence-electron chi connectivity index (χ1n) is 11.1. The normalized spacial score (nSPS) is 14.9. The third-order valence-electron chi connectivity index (χ3n) is 5.87. The number of aromatic amines is 2. The fraction of sp³-hybridized carbons (Fsp3) is 0.261. The smallest absolute Gasteiger partial charge is 0.323 e. The summed E-state index contributed by atoms with van der Waals surface area (Å²) < 4.78 is 27.6. The Morgan fingerprint density at radius 2 is 1.86 bits per heavy atom. The lowest BCUT2D eigenvalue weighted by molar-refractivity contribution is 0.0698. The number of piperazine rings is 1. The van der Waals surface area contributed by atoms with Gasteiger partial charge in [0.15, 0.2) is 0 Å². The van der Waals surface area contributed by atoms with Crippen molar-refractivity contribution in [1.29, 1.82) is 0 Å². The minimum atomic E-state index is -3.75. The van der Waals surface area contributed by atoms with Crippen molar-refractivity contribution in [3.05, 3.63) is 74.6 Å². The van der Waals surface area contributed by atoms with E-state index in [2.05, 4.69) is 20.3 Å². The number of imidazole rings is 1. The van der Waals surface area contributed by atoms with Crippen molar-refractivity contribution in [3.8, 4) is 0 Å². The Morgan fingerprint density at radius 1 is 1.09 bits per heavy atom. The van der Waals surface area contributed by atoms with Gasteiger partial charge in [0, 0.05) is 48.5 Å². The largest absolute Gasteiger partial charge is 0.379 e. The molecule has 1 amide bonds. The summed E-state index contributed by atoms with van der Waals surface area (Å²) in [6.07, 6.45) is 0. The van der Waals surface area contributed by atoms with E-state index in [4.69, 9.17) is 0 Å². The number of hydrogen-bond donors (Lipinski definition) is 3. The van der Waals surface area contributed by atoms with Gasteiger partial charge in [-0.3, -0.25) is 4.79 Å². The quantitative estimate of drug-likeness (QED) is 0.364. The van der Waals surface area contributed by atoms with Crippen LogP contribution in [0.15, 0.2) is 57.5 Å². The van der Waals surface area contributed by atoms with Gasteiger partial charge < -0.3 is 20.2 Å². The molecule has 0 radical (unpaired) electrons. The zero-order chi connectivity index (χ0) is 24.6. The number of hydrogen-bond acceptors (Lipinski definition) is 7. The van der Waals surface area contributed by atoms with Crippen LogP contribution >= 0.6 is 11.3 Å². The zero-order valence-electron chi connectivity index (χ0n) is 18.9. The van der Waals surface area contributed by atoms with Gasteiger partial charge in [0.05, 0.1) is 22.5 Å². The molecule has 2 aromatic carbocycles. The third-order valence-corrected chi connectivity index (χ3v) is 8.73. The zero-order valence-corrected chi connectivity index (χ0v) is 20.6. The van der Waals surface area contributed by atoms with Crippen LogP contribution in [-0.2, 0) is 16.6 Å². The van der Waals surface area contributed by atoms with Crippen LogP contribution in [0.25, 0.3) is 11.0 Å². The fourth-order valence-corrected chi connectivity index (χ4v) is 6.22. The number of sulfonamides is 1. The minimum absolute atomic E-state index is 0.106. The van der Waals surface area contributed by atoms with Crippen molar-refractivity contribution in [1.82, 2.24) is 24.2 Å². The van der Waals surface area contributed by atoms with E-state index in [1.165, 1.54) is 16.4 Å². The SMILES string of the molecule is Cc1csc(CNc2cccc(C(=O)N3CCN(S(=O)(=O)c4ccc5[nH]c(=O)[nH]c5c4)CC3)c2)n1. The monoisotopic (exact) mass is 512 g/mol. The standard InChI is InChI=1S/C23H24N6O4S2/c1-15-14-34-21(25-15)13-24-17-4-2-3-16(11-17)22(30)28-7-9-29(10-8-28)35(32,33)18-5-6-19-20(12-18)27-23(31)26-19/h2-6,11-12,14,24H,7-10,13H2,1H3,(H2,26,27,31). The number of amides is 1. The molecule has 10 nitrogen and oxygen atoms in total. The molecule has 0 aliphatic carbocycles. The maximum Gasteiger partial charge on any atom is 0.323 e. The molecule has 1 aliphatic heterocycles. The molecule has 0 saturated carbocycles. The van der Waals surface area contributed by atoms with Crippen LogP contribution in [0, 0.1) is 6.92 Å². The number of aryl methyl sites for hydroxylation is 1. The Kier molecular flexibility index (Phi) is 6.17. The average Bonchev–Trinajstić information content (AvgIpc) is 3.45. The van der Waals surface area contributed by atoms with E-state index in [0.717, 1.165) is 16.4 Å². The summed E-state index contributed by atoms with van der Waals surface area (Å²) in [4.78, 5) is 36.0. The Labute approximate surface area is 205 Å². The number of thiazole rings is 1. The van der Waals surface area contributed by atoms with Gasteiger partial charge >= 0.3 is 5.69 Å². The molecular formula is C23H24N6O4S2. The molecule has 0 atom stereocenters. The Balaban J connectivity index is 1.23. The maximum atomic E-state index is 13.1. The Hall–Kier alpha value is -3.48. The van der Waals surface area contributed by atoms with Crippen molar-refractivity contribution >= 4 is 44.0 Å². The molecule has 3 heterocycles. The molecule has 35 heavy (non-hydrogen) atoms. The molecule has 0 unspecified atom stereocenters. The van der Waals surface area contributed by atoms with Crippen molar-refractivity contribution in [2.75, 3.05) is 31.5 Å². The van der Waals surface area contributed by atoms with E-state index in [1.54, 1.807) is 34.4 Å². The molecule has 2 aromatic heterocycles. The van der Waals surface area contributed by atoms with Crippen molar-refractivity contribution < 1.29 is 13.2 Å². The molecule has 1 aliphatic rings. The van der Waals surface area contributed by atoms with Gasteiger partial charge in [-0.15, -0.1) is 11.3 Å². The number of carbonyl (C=O) groups excluding carboxylic acids is 1. The lowest BCUT2D eigenvalue weighted by atomic mass is 10.1. The number of nitrogens with one attached hydrogen (secondary N) is 3. The molecule has 0 spiro atoms. The highest BCUT2D eigenvalue weighted by atomic mass is 32.2. The number of benzene rings is 2. The fourth-order valence-electron chi connectivity index (χ4n) is 4.06. The van der Waals surface area contributed by atoms with Crippen LogP contribution in [-0.4, -0.2) is 64.7 Å². The first-order valence-corrected chi connectivity index (χ1v) is 13.4. The number of carbonyl (C=O) groups is 1. The highest BCUT2D eigenvalue weighted by molar-refractivity contribution is 7.89. The summed E-state index contributed by atoms with van der Waals surface area (Å²) in [6, 6.07) is 11.8. The van der Waals surface area contributed by atoms with Crippen molar-refractivity contribution in [3.63, 3.8) is 0 Å². The lowest BCUT2D eigenvalue weighted by Gasteiger charge is -2.34. The van der Waals surface area contributed by atoms with E-state index >= 15 is 0 Å². The first-order chi connectivity index (χ1) is 16.8. The summed E-state index contributed by atoms with van der Waals surface area (Å²) in [5.41, 5.74) is 2.94. The van der Waals surface area contributed by atoms with Crippen LogP contribution < -0.4 is 11.0 Å². The number of rotatable bonds is 6. The summed E-state index contributed by atoms with van der Waals surface area (Å²) in [7, 11) is -3.75. The molecule has 5 rings (SSSR count). The predicted octanol–water partition coefficient (Wildman–Crippen LogP) is 2.38. The second-order valence-electron chi connectivity index (χ2n) is 8.30.